The van der Waals surface area contributed by atoms with E-state index in [1.54, 1.807) is 0 Å². The average molecular weight is 209 g/mol. The van der Waals surface area contributed by atoms with Crippen molar-refractivity contribution in [2.24, 2.45) is 0 Å². The fraction of sp³-hybridized carbons (Fsp3) is 0.143. The number of hydrogen-bond donors (Lipinski definition) is 0. The molecule has 0 radical (unpaired) electrons. The predicted molar refractivity (Wildman–Crippen MR) is 40.7 cm³/mol. The van der Waals surface area contributed by atoms with E-state index >= 15 is 0 Å². The van der Waals surface area contributed by atoms with Crippen molar-refractivity contribution in [3.8, 4) is 0 Å². The second kappa shape index (κ2) is 2.80. The molecule has 1 nitrogen and oxygen atoms in total. The van der Waals surface area contributed by atoms with E-state index < -0.39 is 17.3 Å². The lowest BCUT2D eigenvalue weighted by Crippen LogP contribution is -2.14. The van der Waals surface area contributed by atoms with Crippen LogP contribution in [0.25, 0.3) is 0 Å². The maximum Gasteiger partial charge on any atom is 0.251 e. The van der Waals surface area contributed by atoms with Crippen LogP contribution in [0.4, 0.5) is 23.3 Å². The van der Waals surface area contributed by atoms with Crippen LogP contribution in [0.1, 0.15) is 0 Å². The standard InChI is InChI=1S/C7H3F4NS/c8-3-1-5-6(2-4(3)9)13-7(10)12(5)11/h1-2,7H. The van der Waals surface area contributed by atoms with Crippen molar-refractivity contribution in [3.63, 3.8) is 0 Å². The van der Waals surface area contributed by atoms with E-state index in [1.807, 2.05) is 0 Å². The van der Waals surface area contributed by atoms with Gasteiger partial charge in [0, 0.05) is 11.0 Å². The first-order chi connectivity index (χ1) is 6.09. The van der Waals surface area contributed by atoms with E-state index in [0.717, 1.165) is 6.07 Å². The smallest absolute Gasteiger partial charge is 0.208 e. The molecule has 0 saturated heterocycles. The summed E-state index contributed by atoms with van der Waals surface area (Å²) in [6.07, 6.45) is 0. The molecule has 13 heavy (non-hydrogen) atoms. The Balaban J connectivity index is 2.53. The maximum absolute atomic E-state index is 12.8. The third-order valence-corrected chi connectivity index (χ3v) is 2.59. The average Bonchev–Trinajstić information content (AvgIpc) is 2.32. The second-order valence-electron chi connectivity index (χ2n) is 2.46. The quantitative estimate of drug-likeness (QED) is 0.367. The van der Waals surface area contributed by atoms with Crippen LogP contribution in [-0.2, 0) is 0 Å². The molecule has 0 aliphatic carbocycles. The lowest BCUT2D eigenvalue weighted by molar-refractivity contribution is 0.309. The zero-order valence-corrected chi connectivity index (χ0v) is 6.92. The first-order valence-electron chi connectivity index (χ1n) is 3.34. The molecule has 1 heterocycles. The molecule has 1 aliphatic heterocycles. The first-order valence-corrected chi connectivity index (χ1v) is 4.22. The molecular formula is C7H3F4NS. The summed E-state index contributed by atoms with van der Waals surface area (Å²) in [5.74, 6) is -2.29. The van der Waals surface area contributed by atoms with Gasteiger partial charge in [-0.2, -0.15) is 5.12 Å². The monoisotopic (exact) mass is 209 g/mol. The minimum Gasteiger partial charge on any atom is -0.208 e. The van der Waals surface area contributed by atoms with E-state index in [0.29, 0.717) is 17.8 Å². The highest BCUT2D eigenvalue weighted by Gasteiger charge is 2.31. The summed E-state index contributed by atoms with van der Waals surface area (Å²) < 4.78 is 50.6. The molecule has 70 valence electrons. The Morgan fingerprint density at radius 3 is 2.54 bits per heavy atom. The summed E-state index contributed by atoms with van der Waals surface area (Å²) in [6, 6.07) is 1.42. The maximum atomic E-state index is 12.8. The first kappa shape index (κ1) is 8.68. The van der Waals surface area contributed by atoms with Gasteiger partial charge in [-0.1, -0.05) is 16.2 Å². The van der Waals surface area contributed by atoms with Gasteiger partial charge in [-0.05, 0) is 6.07 Å². The molecule has 0 bridgehead atoms. The van der Waals surface area contributed by atoms with E-state index in [4.69, 9.17) is 0 Å². The minimum atomic E-state index is -1.92. The second-order valence-corrected chi connectivity index (χ2v) is 3.52. The summed E-state index contributed by atoms with van der Waals surface area (Å²) in [4.78, 5) is 0.0638. The molecule has 0 amide bonds. The number of nitrogens with zero attached hydrogens (tertiary/aromatic N) is 1. The summed E-state index contributed by atoms with van der Waals surface area (Å²) in [7, 11) is 0. The lowest BCUT2D eigenvalue weighted by Gasteiger charge is -2.07. The molecule has 0 saturated carbocycles. The summed E-state index contributed by atoms with van der Waals surface area (Å²) in [5, 5.41) is -0.234. The molecule has 1 aromatic rings. The Kier molecular flexibility index (Phi) is 1.87. The molecule has 1 aliphatic rings. The van der Waals surface area contributed by atoms with Gasteiger partial charge >= 0.3 is 0 Å². The zero-order valence-electron chi connectivity index (χ0n) is 6.10. The van der Waals surface area contributed by atoms with Crippen molar-refractivity contribution >= 4 is 17.4 Å². The highest BCUT2D eigenvalue weighted by Crippen LogP contribution is 2.44. The van der Waals surface area contributed by atoms with Gasteiger partial charge in [0.1, 0.15) is 0 Å². The van der Waals surface area contributed by atoms with E-state index in [1.165, 1.54) is 0 Å². The van der Waals surface area contributed by atoms with Crippen molar-refractivity contribution in [1.82, 2.24) is 0 Å². The fourth-order valence-electron chi connectivity index (χ4n) is 1.04. The topological polar surface area (TPSA) is 3.24 Å². The van der Waals surface area contributed by atoms with Crippen LogP contribution in [0, 0.1) is 11.6 Å². The molecule has 0 spiro atoms. The lowest BCUT2D eigenvalue weighted by atomic mass is 10.3. The zero-order chi connectivity index (χ0) is 9.59. The fourth-order valence-corrected chi connectivity index (χ4v) is 1.89. The van der Waals surface area contributed by atoms with Crippen LogP contribution < -0.4 is 5.12 Å². The number of anilines is 1. The molecule has 1 unspecified atom stereocenters. The number of thioether (sulfide) groups is 1. The highest BCUT2D eigenvalue weighted by molar-refractivity contribution is 8.00. The van der Waals surface area contributed by atoms with Gasteiger partial charge in [0.25, 0.3) is 5.63 Å². The largest absolute Gasteiger partial charge is 0.251 e. The summed E-state index contributed by atoms with van der Waals surface area (Å²) >= 11 is 0.500. The normalized spacial score (nSPS) is 20.6. The van der Waals surface area contributed by atoms with Crippen LogP contribution in [0.2, 0.25) is 0 Å². The van der Waals surface area contributed by atoms with E-state index in [9.17, 15) is 17.7 Å². The van der Waals surface area contributed by atoms with E-state index in [-0.39, 0.29) is 15.7 Å². The molecule has 6 heteroatoms. The number of benzene rings is 1. The van der Waals surface area contributed by atoms with Gasteiger partial charge in [0.05, 0.1) is 5.69 Å². The number of alkyl halides is 1. The molecular weight excluding hydrogens is 206 g/mol. The highest BCUT2D eigenvalue weighted by atomic mass is 32.2. The predicted octanol–water partition coefficient (Wildman–Crippen LogP) is 3.01. The Labute approximate surface area is 75.3 Å². The number of hydrogen-bond acceptors (Lipinski definition) is 2. The van der Waals surface area contributed by atoms with Crippen LogP contribution in [-0.4, -0.2) is 5.63 Å². The molecule has 0 N–H and O–H groups in total. The van der Waals surface area contributed by atoms with Crippen molar-refractivity contribution < 1.29 is 17.7 Å². The Bertz CT molecular complexity index is 357. The van der Waals surface area contributed by atoms with Crippen LogP contribution in [0.3, 0.4) is 0 Å². The van der Waals surface area contributed by atoms with Crippen LogP contribution in [0.15, 0.2) is 17.0 Å². The third kappa shape index (κ3) is 1.25. The van der Waals surface area contributed by atoms with Gasteiger partial charge in [-0.25, -0.2) is 13.2 Å². The summed E-state index contributed by atoms with van der Waals surface area (Å²) in [6.45, 7) is 0. The molecule has 0 fully saturated rings. The van der Waals surface area contributed by atoms with Gasteiger partial charge in [-0.15, -0.1) is 0 Å². The number of fused-ring (bicyclic) bond motifs is 1. The van der Waals surface area contributed by atoms with Gasteiger partial charge in [-0.3, -0.25) is 0 Å². The van der Waals surface area contributed by atoms with Gasteiger partial charge in [0.15, 0.2) is 11.6 Å². The van der Waals surface area contributed by atoms with Crippen molar-refractivity contribution in [3.05, 3.63) is 23.8 Å². The SMILES string of the molecule is Fc1cc2c(cc1F)N(F)C(F)S2. The number of halogens is 4. The van der Waals surface area contributed by atoms with Crippen molar-refractivity contribution in [2.45, 2.75) is 10.5 Å². The molecule has 1 atom stereocenters. The minimum absolute atomic E-state index is 0.0638. The van der Waals surface area contributed by atoms with Crippen LogP contribution >= 0.6 is 11.8 Å². The molecule has 0 aromatic heterocycles. The van der Waals surface area contributed by atoms with Crippen LogP contribution in [0.5, 0.6) is 0 Å². The Morgan fingerprint density at radius 2 is 1.85 bits per heavy atom. The Morgan fingerprint density at radius 1 is 1.23 bits per heavy atom. The number of rotatable bonds is 0. The van der Waals surface area contributed by atoms with E-state index in [2.05, 4.69) is 0 Å². The Hall–Kier alpha value is -0.910. The van der Waals surface area contributed by atoms with Crippen molar-refractivity contribution in [1.29, 1.82) is 0 Å². The molecule has 1 aromatic carbocycles. The van der Waals surface area contributed by atoms with Crippen molar-refractivity contribution in [2.75, 3.05) is 5.12 Å². The summed E-state index contributed by atoms with van der Waals surface area (Å²) in [5.41, 5.74) is -2.19. The van der Waals surface area contributed by atoms with Gasteiger partial charge < -0.3 is 0 Å². The molecule has 2 rings (SSSR count). The van der Waals surface area contributed by atoms with Gasteiger partial charge in [0.2, 0.25) is 0 Å². The third-order valence-electron chi connectivity index (χ3n) is 1.63.